The van der Waals surface area contributed by atoms with Gasteiger partial charge in [0.1, 0.15) is 0 Å². The molecule has 134 valence electrons. The molecule has 1 unspecified atom stereocenters. The molecule has 0 fully saturated rings. The SMILES string of the molecule is C=C(C)C(=O)OC(CCCCC)O/C=C/CCCCCCCC. The summed E-state index contributed by atoms with van der Waals surface area (Å²) in [7, 11) is 0. The normalized spacial score (nSPS) is 12.3. The largest absolute Gasteiger partial charge is 0.463 e. The second-order valence-electron chi connectivity index (χ2n) is 6.18. The standard InChI is InChI=1S/C20H36O3/c1-5-7-9-10-11-12-13-15-17-22-19(16-14-8-6-2)23-20(21)18(3)4/h15,17,19H,3,5-14,16H2,1-2,4H3/b17-15+. The van der Waals surface area contributed by atoms with Gasteiger partial charge in [0.15, 0.2) is 0 Å². The van der Waals surface area contributed by atoms with Crippen LogP contribution >= 0.6 is 0 Å². The van der Waals surface area contributed by atoms with Crippen LogP contribution in [0.15, 0.2) is 24.5 Å². The van der Waals surface area contributed by atoms with Crippen molar-refractivity contribution in [1.29, 1.82) is 0 Å². The van der Waals surface area contributed by atoms with E-state index in [1.54, 1.807) is 13.2 Å². The molecule has 0 bridgehead atoms. The minimum atomic E-state index is -0.494. The molecule has 0 aromatic heterocycles. The Morgan fingerprint density at radius 1 is 1.00 bits per heavy atom. The van der Waals surface area contributed by atoms with Gasteiger partial charge in [0.05, 0.1) is 6.26 Å². The first-order chi connectivity index (χ1) is 11.1. The Morgan fingerprint density at radius 2 is 1.61 bits per heavy atom. The van der Waals surface area contributed by atoms with Gasteiger partial charge in [0.25, 0.3) is 0 Å². The van der Waals surface area contributed by atoms with Gasteiger partial charge in [0, 0.05) is 12.0 Å². The van der Waals surface area contributed by atoms with Crippen molar-refractivity contribution >= 4 is 5.97 Å². The molecule has 0 aliphatic carbocycles. The summed E-state index contributed by atoms with van der Waals surface area (Å²) in [6, 6.07) is 0. The molecule has 3 nitrogen and oxygen atoms in total. The maximum absolute atomic E-state index is 11.6. The Kier molecular flexibility index (Phi) is 14.8. The second-order valence-corrected chi connectivity index (χ2v) is 6.18. The molecule has 0 aromatic rings. The molecule has 23 heavy (non-hydrogen) atoms. The summed E-state index contributed by atoms with van der Waals surface area (Å²) in [6.45, 7) is 9.64. The summed E-state index contributed by atoms with van der Waals surface area (Å²) in [5, 5.41) is 0. The molecular weight excluding hydrogens is 288 g/mol. The lowest BCUT2D eigenvalue weighted by molar-refractivity contribution is -0.165. The van der Waals surface area contributed by atoms with Crippen molar-refractivity contribution in [3.63, 3.8) is 0 Å². The van der Waals surface area contributed by atoms with E-state index in [0.717, 1.165) is 32.1 Å². The molecule has 0 N–H and O–H groups in total. The van der Waals surface area contributed by atoms with Crippen LogP contribution in [-0.2, 0) is 14.3 Å². The third-order valence-corrected chi connectivity index (χ3v) is 3.68. The van der Waals surface area contributed by atoms with E-state index in [4.69, 9.17) is 9.47 Å². The van der Waals surface area contributed by atoms with Crippen LogP contribution in [0.5, 0.6) is 0 Å². The molecule has 0 aliphatic rings. The monoisotopic (exact) mass is 324 g/mol. The molecule has 0 aliphatic heterocycles. The van der Waals surface area contributed by atoms with Gasteiger partial charge in [-0.25, -0.2) is 4.79 Å². The fraction of sp³-hybridized carbons (Fsp3) is 0.750. The minimum absolute atomic E-state index is 0.379. The zero-order chi connectivity index (χ0) is 17.3. The van der Waals surface area contributed by atoms with Gasteiger partial charge in [-0.3, -0.25) is 0 Å². The van der Waals surface area contributed by atoms with Crippen LogP contribution in [-0.4, -0.2) is 12.3 Å². The van der Waals surface area contributed by atoms with Crippen LogP contribution in [0, 0.1) is 0 Å². The lowest BCUT2D eigenvalue weighted by Gasteiger charge is -2.17. The fourth-order valence-corrected chi connectivity index (χ4v) is 2.19. The number of hydrogen-bond acceptors (Lipinski definition) is 3. The number of hydrogen-bond donors (Lipinski definition) is 0. The molecule has 1 atom stereocenters. The van der Waals surface area contributed by atoms with Gasteiger partial charge in [0.2, 0.25) is 6.29 Å². The van der Waals surface area contributed by atoms with E-state index in [0.29, 0.717) is 5.57 Å². The van der Waals surface area contributed by atoms with Crippen molar-refractivity contribution < 1.29 is 14.3 Å². The zero-order valence-corrected chi connectivity index (χ0v) is 15.4. The molecule has 3 heteroatoms. The summed E-state index contributed by atoms with van der Waals surface area (Å²) < 4.78 is 10.9. The predicted molar refractivity (Wildman–Crippen MR) is 97.1 cm³/mol. The first-order valence-electron chi connectivity index (χ1n) is 9.28. The molecule has 0 saturated heterocycles. The van der Waals surface area contributed by atoms with E-state index in [1.807, 2.05) is 6.08 Å². The summed E-state index contributed by atoms with van der Waals surface area (Å²) >= 11 is 0. The number of rotatable bonds is 15. The average molecular weight is 325 g/mol. The fourth-order valence-electron chi connectivity index (χ4n) is 2.19. The summed E-state index contributed by atoms with van der Waals surface area (Å²) in [5.41, 5.74) is 0.408. The number of unbranched alkanes of at least 4 members (excludes halogenated alkanes) is 8. The Labute approximate surface area is 143 Å². The van der Waals surface area contributed by atoms with Crippen molar-refractivity contribution in [2.24, 2.45) is 0 Å². The van der Waals surface area contributed by atoms with Crippen LogP contribution in [0.25, 0.3) is 0 Å². The number of allylic oxidation sites excluding steroid dienone is 1. The maximum Gasteiger partial charge on any atom is 0.336 e. The van der Waals surface area contributed by atoms with E-state index < -0.39 is 6.29 Å². The maximum atomic E-state index is 11.6. The molecule has 0 spiro atoms. The van der Waals surface area contributed by atoms with Gasteiger partial charge in [-0.15, -0.1) is 0 Å². The van der Waals surface area contributed by atoms with E-state index in [9.17, 15) is 4.79 Å². The van der Waals surface area contributed by atoms with Crippen LogP contribution in [0.1, 0.15) is 91.4 Å². The topological polar surface area (TPSA) is 35.5 Å². The van der Waals surface area contributed by atoms with E-state index in [-0.39, 0.29) is 5.97 Å². The quantitative estimate of drug-likeness (QED) is 0.117. The van der Waals surface area contributed by atoms with Crippen molar-refractivity contribution in [2.45, 2.75) is 97.7 Å². The molecule has 0 aromatic carbocycles. The van der Waals surface area contributed by atoms with E-state index in [2.05, 4.69) is 20.4 Å². The van der Waals surface area contributed by atoms with Gasteiger partial charge in [-0.05, 0) is 32.3 Å². The minimum Gasteiger partial charge on any atom is -0.463 e. The van der Waals surface area contributed by atoms with Crippen molar-refractivity contribution in [3.8, 4) is 0 Å². The first-order valence-corrected chi connectivity index (χ1v) is 9.28. The molecule has 0 heterocycles. The van der Waals surface area contributed by atoms with Crippen LogP contribution in [0.3, 0.4) is 0 Å². The second kappa shape index (κ2) is 15.6. The van der Waals surface area contributed by atoms with E-state index in [1.165, 1.54) is 38.5 Å². The summed E-state index contributed by atoms with van der Waals surface area (Å²) in [6.07, 6.45) is 16.0. The van der Waals surface area contributed by atoms with Crippen molar-refractivity contribution in [3.05, 3.63) is 24.5 Å². The highest BCUT2D eigenvalue weighted by Crippen LogP contribution is 2.12. The number of carbonyl (C=O) groups is 1. The predicted octanol–water partition coefficient (Wildman–Crippen LogP) is 6.29. The van der Waals surface area contributed by atoms with Crippen LogP contribution in [0.4, 0.5) is 0 Å². The third kappa shape index (κ3) is 14.1. The van der Waals surface area contributed by atoms with Gasteiger partial charge in [-0.1, -0.05) is 65.4 Å². The zero-order valence-electron chi connectivity index (χ0n) is 15.4. The Morgan fingerprint density at radius 3 is 2.26 bits per heavy atom. The highest BCUT2D eigenvalue weighted by atomic mass is 16.7. The highest BCUT2D eigenvalue weighted by molar-refractivity contribution is 5.87. The lowest BCUT2D eigenvalue weighted by Crippen LogP contribution is -2.20. The third-order valence-electron chi connectivity index (χ3n) is 3.68. The number of esters is 1. The Bertz CT molecular complexity index is 334. The Balaban J connectivity index is 3.94. The molecular formula is C20H36O3. The van der Waals surface area contributed by atoms with Crippen LogP contribution < -0.4 is 0 Å². The average Bonchev–Trinajstić information content (AvgIpc) is 2.53. The van der Waals surface area contributed by atoms with Gasteiger partial charge in [-0.2, -0.15) is 0 Å². The number of ether oxygens (including phenoxy) is 2. The molecule has 0 radical (unpaired) electrons. The smallest absolute Gasteiger partial charge is 0.336 e. The lowest BCUT2D eigenvalue weighted by atomic mass is 10.1. The van der Waals surface area contributed by atoms with Gasteiger partial charge >= 0.3 is 5.97 Å². The van der Waals surface area contributed by atoms with Crippen molar-refractivity contribution in [2.75, 3.05) is 0 Å². The number of carbonyl (C=O) groups excluding carboxylic acids is 1. The summed E-state index contributed by atoms with van der Waals surface area (Å²) in [4.78, 5) is 11.6. The van der Waals surface area contributed by atoms with Crippen molar-refractivity contribution in [1.82, 2.24) is 0 Å². The highest BCUT2D eigenvalue weighted by Gasteiger charge is 2.14. The molecule has 0 saturated carbocycles. The first kappa shape index (κ1) is 21.8. The van der Waals surface area contributed by atoms with Gasteiger partial charge < -0.3 is 9.47 Å². The summed E-state index contributed by atoms with van der Waals surface area (Å²) in [5.74, 6) is -0.379. The van der Waals surface area contributed by atoms with Crippen LogP contribution in [0.2, 0.25) is 0 Å². The Hall–Kier alpha value is -1.25. The molecule has 0 rings (SSSR count). The molecule has 0 amide bonds. The van der Waals surface area contributed by atoms with E-state index >= 15 is 0 Å².